The highest BCUT2D eigenvalue weighted by molar-refractivity contribution is 9.11. The van der Waals surface area contributed by atoms with Crippen molar-refractivity contribution in [2.24, 2.45) is 0 Å². The SMILES string of the molecule is CCc1ccc(O)c(NS(=O)(=O)c2cc(Br)sc2C)c1. The number of nitrogens with one attached hydrogen (secondary N) is 1. The van der Waals surface area contributed by atoms with Crippen molar-refractivity contribution in [3.63, 3.8) is 0 Å². The highest BCUT2D eigenvalue weighted by Crippen LogP contribution is 2.32. The predicted molar refractivity (Wildman–Crippen MR) is 85.0 cm³/mol. The van der Waals surface area contributed by atoms with Crippen LogP contribution in [0.5, 0.6) is 5.75 Å². The Morgan fingerprint density at radius 1 is 1.35 bits per heavy atom. The molecule has 20 heavy (non-hydrogen) atoms. The van der Waals surface area contributed by atoms with Crippen LogP contribution < -0.4 is 4.72 Å². The number of phenolic OH excluding ortho intramolecular Hbond substituents is 1. The molecule has 1 aromatic heterocycles. The van der Waals surface area contributed by atoms with E-state index in [0.717, 1.165) is 15.8 Å². The van der Waals surface area contributed by atoms with E-state index in [1.54, 1.807) is 25.1 Å². The zero-order valence-corrected chi connectivity index (χ0v) is 14.2. The van der Waals surface area contributed by atoms with Gasteiger partial charge in [0.1, 0.15) is 10.6 Å². The largest absolute Gasteiger partial charge is 0.506 e. The molecule has 0 amide bonds. The topological polar surface area (TPSA) is 66.4 Å². The van der Waals surface area contributed by atoms with Gasteiger partial charge in [-0.05, 0) is 53.0 Å². The predicted octanol–water partition coefficient (Wildman–Crippen LogP) is 3.89. The fraction of sp³-hybridized carbons (Fsp3) is 0.231. The first-order valence-electron chi connectivity index (χ1n) is 5.94. The first-order valence-corrected chi connectivity index (χ1v) is 9.03. The molecular formula is C13H14BrNO3S2. The van der Waals surface area contributed by atoms with E-state index in [9.17, 15) is 13.5 Å². The Morgan fingerprint density at radius 3 is 2.60 bits per heavy atom. The minimum atomic E-state index is -3.70. The average molecular weight is 376 g/mol. The maximum Gasteiger partial charge on any atom is 0.263 e. The van der Waals surface area contributed by atoms with Gasteiger partial charge in [-0.2, -0.15) is 0 Å². The van der Waals surface area contributed by atoms with Crippen molar-refractivity contribution in [1.29, 1.82) is 0 Å². The number of hydrogen-bond acceptors (Lipinski definition) is 4. The molecule has 0 fully saturated rings. The van der Waals surface area contributed by atoms with Crippen LogP contribution in [0.3, 0.4) is 0 Å². The summed E-state index contributed by atoms with van der Waals surface area (Å²) in [5.74, 6) is -0.0854. The number of benzene rings is 1. The molecule has 1 heterocycles. The molecule has 0 aliphatic carbocycles. The van der Waals surface area contributed by atoms with Crippen LogP contribution in [0.2, 0.25) is 0 Å². The molecule has 0 atom stereocenters. The summed E-state index contributed by atoms with van der Waals surface area (Å²) < 4.78 is 27.9. The van der Waals surface area contributed by atoms with E-state index in [4.69, 9.17) is 0 Å². The Kier molecular flexibility index (Phi) is 4.41. The molecule has 0 radical (unpaired) electrons. The lowest BCUT2D eigenvalue weighted by molar-refractivity contribution is 0.477. The van der Waals surface area contributed by atoms with Crippen molar-refractivity contribution < 1.29 is 13.5 Å². The monoisotopic (exact) mass is 375 g/mol. The lowest BCUT2D eigenvalue weighted by Crippen LogP contribution is -2.13. The number of sulfonamides is 1. The summed E-state index contributed by atoms with van der Waals surface area (Å²) in [5, 5.41) is 9.78. The highest BCUT2D eigenvalue weighted by atomic mass is 79.9. The van der Waals surface area contributed by atoms with Gasteiger partial charge in [0.25, 0.3) is 10.0 Å². The maximum atomic E-state index is 12.4. The number of anilines is 1. The summed E-state index contributed by atoms with van der Waals surface area (Å²) in [6.07, 6.45) is 0.762. The minimum absolute atomic E-state index is 0.0854. The van der Waals surface area contributed by atoms with Crippen LogP contribution >= 0.6 is 27.3 Å². The molecule has 0 unspecified atom stereocenters. The Labute approximate surface area is 130 Å². The third-order valence-corrected chi connectivity index (χ3v) is 6.02. The maximum absolute atomic E-state index is 12.4. The summed E-state index contributed by atoms with van der Waals surface area (Å²) in [7, 11) is -3.70. The van der Waals surface area contributed by atoms with Crippen LogP contribution in [-0.2, 0) is 16.4 Å². The van der Waals surface area contributed by atoms with E-state index in [-0.39, 0.29) is 16.3 Å². The average Bonchev–Trinajstić information content (AvgIpc) is 2.72. The van der Waals surface area contributed by atoms with Crippen LogP contribution in [-0.4, -0.2) is 13.5 Å². The van der Waals surface area contributed by atoms with Gasteiger partial charge in [0.2, 0.25) is 0 Å². The molecule has 7 heteroatoms. The Morgan fingerprint density at radius 2 is 2.05 bits per heavy atom. The second kappa shape index (κ2) is 5.75. The molecule has 4 nitrogen and oxygen atoms in total. The zero-order chi connectivity index (χ0) is 14.9. The third-order valence-electron chi connectivity index (χ3n) is 2.85. The van der Waals surface area contributed by atoms with Gasteiger partial charge in [-0.25, -0.2) is 8.42 Å². The van der Waals surface area contributed by atoms with Gasteiger partial charge < -0.3 is 5.11 Å². The van der Waals surface area contributed by atoms with E-state index in [1.807, 2.05) is 6.92 Å². The van der Waals surface area contributed by atoms with Gasteiger partial charge in [-0.15, -0.1) is 11.3 Å². The van der Waals surface area contributed by atoms with E-state index >= 15 is 0 Å². The molecule has 1 aromatic carbocycles. The van der Waals surface area contributed by atoms with Gasteiger partial charge in [0, 0.05) is 4.88 Å². The summed E-state index contributed by atoms with van der Waals surface area (Å²) in [6, 6.07) is 6.46. The van der Waals surface area contributed by atoms with Crippen molar-refractivity contribution in [2.75, 3.05) is 4.72 Å². The van der Waals surface area contributed by atoms with Crippen LogP contribution in [0.1, 0.15) is 17.4 Å². The molecule has 0 aliphatic heterocycles. The minimum Gasteiger partial charge on any atom is -0.506 e. The van der Waals surface area contributed by atoms with Gasteiger partial charge in [-0.3, -0.25) is 4.72 Å². The van der Waals surface area contributed by atoms with Crippen molar-refractivity contribution in [2.45, 2.75) is 25.2 Å². The van der Waals surface area contributed by atoms with Crippen molar-refractivity contribution in [1.82, 2.24) is 0 Å². The summed E-state index contributed by atoms with van der Waals surface area (Å²) in [5.41, 5.74) is 1.15. The number of thiophene rings is 1. The summed E-state index contributed by atoms with van der Waals surface area (Å²) >= 11 is 4.63. The molecular weight excluding hydrogens is 362 g/mol. The Balaban J connectivity index is 2.40. The van der Waals surface area contributed by atoms with Crippen LogP contribution in [0.15, 0.2) is 32.9 Å². The molecule has 0 spiro atoms. The fourth-order valence-electron chi connectivity index (χ4n) is 1.78. The number of aromatic hydroxyl groups is 1. The Hall–Kier alpha value is -1.05. The van der Waals surface area contributed by atoms with E-state index in [2.05, 4.69) is 20.7 Å². The number of rotatable bonds is 4. The molecule has 2 aromatic rings. The highest BCUT2D eigenvalue weighted by Gasteiger charge is 2.21. The van der Waals surface area contributed by atoms with Gasteiger partial charge in [-0.1, -0.05) is 13.0 Å². The summed E-state index contributed by atoms with van der Waals surface area (Å²) in [6.45, 7) is 3.71. The smallest absolute Gasteiger partial charge is 0.263 e. The number of halogens is 1. The molecule has 2 N–H and O–H groups in total. The quantitative estimate of drug-likeness (QED) is 0.796. The number of phenols is 1. The van der Waals surface area contributed by atoms with Gasteiger partial charge in [0.05, 0.1) is 9.47 Å². The molecule has 0 aliphatic rings. The van der Waals surface area contributed by atoms with Crippen LogP contribution in [0, 0.1) is 6.92 Å². The van der Waals surface area contributed by atoms with Gasteiger partial charge >= 0.3 is 0 Å². The standard InChI is InChI=1S/C13H14BrNO3S2/c1-3-9-4-5-11(16)10(6-9)15-20(17,18)12-7-13(14)19-8(12)2/h4-7,15-16H,3H2,1-2H3. The zero-order valence-electron chi connectivity index (χ0n) is 11.0. The Bertz CT molecular complexity index is 738. The third kappa shape index (κ3) is 3.16. The second-order valence-corrected chi connectivity index (χ2v) is 8.57. The van der Waals surface area contributed by atoms with Crippen LogP contribution in [0.4, 0.5) is 5.69 Å². The summed E-state index contributed by atoms with van der Waals surface area (Å²) in [4.78, 5) is 0.909. The lowest BCUT2D eigenvalue weighted by atomic mass is 10.1. The van der Waals surface area contributed by atoms with Gasteiger partial charge in [0.15, 0.2) is 0 Å². The van der Waals surface area contributed by atoms with Crippen LogP contribution in [0.25, 0.3) is 0 Å². The van der Waals surface area contributed by atoms with Crippen molar-refractivity contribution >= 4 is 43.0 Å². The normalized spacial score (nSPS) is 11.6. The molecule has 0 saturated heterocycles. The van der Waals surface area contributed by atoms with E-state index < -0.39 is 10.0 Å². The van der Waals surface area contributed by atoms with Crippen molar-refractivity contribution in [3.8, 4) is 5.75 Å². The fourth-order valence-corrected chi connectivity index (χ4v) is 5.26. The molecule has 108 valence electrons. The number of hydrogen-bond donors (Lipinski definition) is 2. The van der Waals surface area contributed by atoms with E-state index in [0.29, 0.717) is 4.88 Å². The second-order valence-electron chi connectivity index (χ2n) is 4.28. The lowest BCUT2D eigenvalue weighted by Gasteiger charge is -2.10. The molecule has 0 bridgehead atoms. The molecule has 0 saturated carbocycles. The first-order chi connectivity index (χ1) is 9.33. The van der Waals surface area contributed by atoms with Crippen molar-refractivity contribution in [3.05, 3.63) is 38.5 Å². The van der Waals surface area contributed by atoms with E-state index in [1.165, 1.54) is 17.4 Å². The first kappa shape index (κ1) is 15.3. The molecule has 2 rings (SSSR count). The number of aryl methyl sites for hydroxylation is 2.